The maximum absolute atomic E-state index is 13.4. The molecule has 1 atom stereocenters. The third-order valence-corrected chi connectivity index (χ3v) is 4.22. The minimum Gasteiger partial charge on any atom is -0.484 e. The fourth-order valence-corrected chi connectivity index (χ4v) is 2.70. The Kier molecular flexibility index (Phi) is 5.65. The van der Waals surface area contributed by atoms with Crippen LogP contribution in [-0.4, -0.2) is 40.2 Å². The van der Waals surface area contributed by atoms with Gasteiger partial charge >= 0.3 is 6.18 Å². The number of amides is 1. The van der Waals surface area contributed by atoms with E-state index in [-0.39, 0.29) is 23.1 Å². The number of aryl methyl sites for hydroxylation is 2. The van der Waals surface area contributed by atoms with Crippen molar-refractivity contribution in [2.24, 2.45) is 11.0 Å². The quantitative estimate of drug-likeness (QED) is 0.860. The lowest BCUT2D eigenvalue weighted by Crippen LogP contribution is -2.57. The van der Waals surface area contributed by atoms with Crippen molar-refractivity contribution in [3.63, 3.8) is 0 Å². The summed E-state index contributed by atoms with van der Waals surface area (Å²) < 4.78 is 45.4. The van der Waals surface area contributed by atoms with Crippen molar-refractivity contribution >= 4 is 11.6 Å². The van der Waals surface area contributed by atoms with Crippen molar-refractivity contribution in [3.8, 4) is 5.75 Å². The molecule has 8 heteroatoms. The molecule has 1 aliphatic heterocycles. The Labute approximate surface area is 150 Å². The zero-order valence-corrected chi connectivity index (χ0v) is 15.2. The number of aliphatic hydroxyl groups is 1. The molecular weight excluding hydrogens is 349 g/mol. The summed E-state index contributed by atoms with van der Waals surface area (Å²) >= 11 is 0. The molecule has 0 radical (unpaired) electrons. The molecule has 5 nitrogen and oxygen atoms in total. The van der Waals surface area contributed by atoms with E-state index < -0.39 is 30.8 Å². The monoisotopic (exact) mass is 372 g/mol. The van der Waals surface area contributed by atoms with Crippen LogP contribution in [0.1, 0.15) is 37.8 Å². The zero-order chi connectivity index (χ0) is 19.7. The van der Waals surface area contributed by atoms with Crippen molar-refractivity contribution < 1.29 is 27.8 Å². The van der Waals surface area contributed by atoms with E-state index in [1.165, 1.54) is 0 Å². The van der Waals surface area contributed by atoms with Gasteiger partial charge in [-0.25, -0.2) is 0 Å². The zero-order valence-electron chi connectivity index (χ0n) is 15.2. The van der Waals surface area contributed by atoms with E-state index in [0.29, 0.717) is 5.75 Å². The number of halogens is 3. The number of hydrogen-bond donors (Lipinski definition) is 1. The van der Waals surface area contributed by atoms with Crippen LogP contribution in [0.15, 0.2) is 23.3 Å². The third kappa shape index (κ3) is 4.17. The average molecular weight is 372 g/mol. The number of benzene rings is 1. The van der Waals surface area contributed by atoms with Gasteiger partial charge in [0.05, 0.1) is 0 Å². The van der Waals surface area contributed by atoms with E-state index >= 15 is 0 Å². The van der Waals surface area contributed by atoms with Gasteiger partial charge < -0.3 is 9.84 Å². The molecule has 1 aliphatic rings. The van der Waals surface area contributed by atoms with Crippen LogP contribution in [0.5, 0.6) is 5.75 Å². The molecule has 1 unspecified atom stereocenters. The lowest BCUT2D eigenvalue weighted by molar-refractivity contribution is -0.302. The smallest absolute Gasteiger partial charge is 0.438 e. The van der Waals surface area contributed by atoms with Gasteiger partial charge in [0.2, 0.25) is 0 Å². The third-order valence-electron chi connectivity index (χ3n) is 4.22. The molecule has 1 aromatic rings. The van der Waals surface area contributed by atoms with Crippen molar-refractivity contribution in [1.82, 2.24) is 5.01 Å². The number of carbonyl (C=O) groups is 1. The first-order valence-corrected chi connectivity index (χ1v) is 8.32. The highest BCUT2D eigenvalue weighted by Crippen LogP contribution is 2.41. The Hall–Kier alpha value is -2.09. The molecule has 0 aromatic heterocycles. The predicted octanol–water partition coefficient (Wildman–Crippen LogP) is 3.57. The fraction of sp³-hybridized carbons (Fsp3) is 0.556. The van der Waals surface area contributed by atoms with Gasteiger partial charge in [0.15, 0.2) is 6.61 Å². The van der Waals surface area contributed by atoms with Crippen LogP contribution >= 0.6 is 0 Å². The molecular formula is C18H23F3N2O3. The predicted molar refractivity (Wildman–Crippen MR) is 90.8 cm³/mol. The Morgan fingerprint density at radius 2 is 2.00 bits per heavy atom. The van der Waals surface area contributed by atoms with Gasteiger partial charge in [-0.05, 0) is 49.4 Å². The van der Waals surface area contributed by atoms with Crippen LogP contribution < -0.4 is 4.74 Å². The molecule has 26 heavy (non-hydrogen) atoms. The summed E-state index contributed by atoms with van der Waals surface area (Å²) in [5.41, 5.74) is -1.24. The van der Waals surface area contributed by atoms with Crippen LogP contribution in [0.25, 0.3) is 0 Å². The van der Waals surface area contributed by atoms with Gasteiger partial charge in [0.25, 0.3) is 11.6 Å². The van der Waals surface area contributed by atoms with E-state index in [2.05, 4.69) is 5.10 Å². The number of nitrogens with zero attached hydrogens (tertiary/aromatic N) is 2. The number of carbonyl (C=O) groups excluding carboxylic acids is 1. The molecule has 1 heterocycles. The van der Waals surface area contributed by atoms with Gasteiger partial charge in [0, 0.05) is 12.1 Å². The minimum absolute atomic E-state index is 0.0491. The molecule has 1 amide bonds. The Morgan fingerprint density at radius 1 is 1.35 bits per heavy atom. The summed E-state index contributed by atoms with van der Waals surface area (Å²) in [6, 6.07) is 5.11. The maximum Gasteiger partial charge on any atom is 0.438 e. The van der Waals surface area contributed by atoms with E-state index in [4.69, 9.17) is 4.74 Å². The first kappa shape index (κ1) is 20.2. The minimum atomic E-state index is -5.02. The van der Waals surface area contributed by atoms with Crippen molar-refractivity contribution in [2.45, 2.75) is 52.4 Å². The molecule has 2 rings (SSSR count). The summed E-state index contributed by atoms with van der Waals surface area (Å²) in [5, 5.41) is 14.0. The Morgan fingerprint density at radius 3 is 2.54 bits per heavy atom. The molecule has 0 saturated heterocycles. The van der Waals surface area contributed by atoms with E-state index in [1.807, 2.05) is 27.7 Å². The Bertz CT molecular complexity index is 716. The molecule has 0 spiro atoms. The van der Waals surface area contributed by atoms with Crippen LogP contribution in [0.4, 0.5) is 13.2 Å². The van der Waals surface area contributed by atoms with E-state index in [1.54, 1.807) is 18.2 Å². The number of alkyl halides is 3. The summed E-state index contributed by atoms with van der Waals surface area (Å²) in [7, 11) is 0. The largest absolute Gasteiger partial charge is 0.484 e. The maximum atomic E-state index is 13.4. The van der Waals surface area contributed by atoms with Gasteiger partial charge in [-0.3, -0.25) is 4.79 Å². The second-order valence-electron chi connectivity index (χ2n) is 7.00. The van der Waals surface area contributed by atoms with Crippen molar-refractivity contribution in [1.29, 1.82) is 0 Å². The van der Waals surface area contributed by atoms with Crippen LogP contribution in [-0.2, 0) is 4.79 Å². The van der Waals surface area contributed by atoms with Gasteiger partial charge in [0.1, 0.15) is 5.75 Å². The summed E-state index contributed by atoms with van der Waals surface area (Å²) in [5.74, 6) is -0.641. The normalized spacial score (nSPS) is 20.5. The highest BCUT2D eigenvalue weighted by Gasteiger charge is 2.63. The Balaban J connectivity index is 2.17. The number of hydrazone groups is 1. The molecule has 0 bridgehead atoms. The SMILES string of the molecule is Cc1ccc(OCC(=O)N2N=C(CC(C)C)CC2(O)C(F)(F)F)cc1C. The van der Waals surface area contributed by atoms with Crippen LogP contribution in [0, 0.1) is 19.8 Å². The summed E-state index contributed by atoms with van der Waals surface area (Å²) in [6.07, 6.45) is -5.50. The second kappa shape index (κ2) is 7.26. The molecule has 1 N–H and O–H groups in total. The van der Waals surface area contributed by atoms with E-state index in [0.717, 1.165) is 11.1 Å². The van der Waals surface area contributed by atoms with Gasteiger partial charge in [-0.15, -0.1) is 0 Å². The molecule has 0 aliphatic carbocycles. The molecule has 0 fully saturated rings. The number of ether oxygens (including phenoxy) is 1. The highest BCUT2D eigenvalue weighted by molar-refractivity contribution is 5.91. The number of hydrogen-bond acceptors (Lipinski definition) is 4. The summed E-state index contributed by atoms with van der Waals surface area (Å²) in [4.78, 5) is 12.3. The second-order valence-corrected chi connectivity index (χ2v) is 7.00. The molecule has 144 valence electrons. The average Bonchev–Trinajstić information content (AvgIpc) is 2.85. The summed E-state index contributed by atoms with van der Waals surface area (Å²) in [6.45, 7) is 6.75. The molecule has 0 saturated carbocycles. The standard InChI is InChI=1S/C18H23F3N2O3/c1-11(2)7-14-9-17(25,18(19,20)21)23(22-14)16(24)10-26-15-6-5-12(3)13(4)8-15/h5-6,8,11,25H,7,9-10H2,1-4H3. The van der Waals surface area contributed by atoms with Crippen molar-refractivity contribution in [2.75, 3.05) is 6.61 Å². The van der Waals surface area contributed by atoms with E-state index in [9.17, 15) is 23.1 Å². The molecule has 1 aromatic carbocycles. The first-order chi connectivity index (χ1) is 11.9. The van der Waals surface area contributed by atoms with Crippen LogP contribution in [0.3, 0.4) is 0 Å². The van der Waals surface area contributed by atoms with Gasteiger partial charge in [-0.1, -0.05) is 19.9 Å². The van der Waals surface area contributed by atoms with Crippen LogP contribution in [0.2, 0.25) is 0 Å². The fourth-order valence-electron chi connectivity index (χ4n) is 2.70. The van der Waals surface area contributed by atoms with Gasteiger partial charge in [-0.2, -0.15) is 23.3 Å². The highest BCUT2D eigenvalue weighted by atomic mass is 19.4. The lowest BCUT2D eigenvalue weighted by Gasteiger charge is -2.32. The van der Waals surface area contributed by atoms with Crippen molar-refractivity contribution in [3.05, 3.63) is 29.3 Å². The topological polar surface area (TPSA) is 62.1 Å². The lowest BCUT2D eigenvalue weighted by atomic mass is 9.99. The first-order valence-electron chi connectivity index (χ1n) is 8.32. The number of rotatable bonds is 5.